The number of rotatable bonds is 2. The van der Waals surface area contributed by atoms with E-state index in [0.717, 1.165) is 22.3 Å². The van der Waals surface area contributed by atoms with E-state index >= 15 is 0 Å². The molecule has 1 atom stereocenters. The molecule has 0 spiro atoms. The normalized spacial score (nSPS) is 19.1. The van der Waals surface area contributed by atoms with Crippen LogP contribution in [0.2, 0.25) is 0 Å². The van der Waals surface area contributed by atoms with Gasteiger partial charge in [-0.05, 0) is 64.1 Å². The Morgan fingerprint density at radius 1 is 1.27 bits per heavy atom. The smallest absolute Gasteiger partial charge is 0.416 e. The first-order valence-electron chi connectivity index (χ1n) is 9.68. The predicted molar refractivity (Wildman–Crippen MR) is 117 cm³/mol. The van der Waals surface area contributed by atoms with Gasteiger partial charge < -0.3 is 15.2 Å². The Morgan fingerprint density at radius 2 is 2.03 bits per heavy atom. The molecule has 30 heavy (non-hydrogen) atoms. The number of nitrogens with zero attached hydrogens (tertiary/aromatic N) is 1. The van der Waals surface area contributed by atoms with E-state index in [2.05, 4.69) is 26.1 Å². The molecule has 2 aromatic heterocycles. The molecule has 1 aliphatic heterocycles. The van der Waals surface area contributed by atoms with Crippen LogP contribution in [0.3, 0.4) is 0 Å². The van der Waals surface area contributed by atoms with Crippen molar-refractivity contribution < 1.29 is 19.4 Å². The molecule has 0 saturated heterocycles. The van der Waals surface area contributed by atoms with Gasteiger partial charge >= 0.3 is 6.09 Å². The SMILES string of the molecule is CC(C)(C)c1ccn(C(=O)O)c1-c1ccc2c(c1)C(C)(c1ccsc1)OCC(=O)N2. The fraction of sp³-hybridized carbons (Fsp3) is 0.304. The minimum atomic E-state index is -1.04. The Morgan fingerprint density at radius 3 is 2.67 bits per heavy atom. The number of fused-ring (bicyclic) bond motifs is 1. The van der Waals surface area contributed by atoms with Crippen LogP contribution in [0.15, 0.2) is 47.3 Å². The first kappa shape index (κ1) is 20.4. The van der Waals surface area contributed by atoms with Crippen LogP contribution in [0, 0.1) is 0 Å². The minimum Gasteiger partial charge on any atom is -0.464 e. The van der Waals surface area contributed by atoms with Gasteiger partial charge in [0.2, 0.25) is 5.91 Å². The van der Waals surface area contributed by atoms with E-state index in [4.69, 9.17) is 4.74 Å². The number of aromatic nitrogens is 1. The van der Waals surface area contributed by atoms with Crippen molar-refractivity contribution >= 4 is 29.0 Å². The van der Waals surface area contributed by atoms with Crippen molar-refractivity contribution in [3.63, 3.8) is 0 Å². The van der Waals surface area contributed by atoms with Gasteiger partial charge in [0.25, 0.3) is 0 Å². The Kier molecular flexibility index (Phi) is 4.83. The summed E-state index contributed by atoms with van der Waals surface area (Å²) in [5.74, 6) is -0.216. The van der Waals surface area contributed by atoms with Crippen LogP contribution in [0.25, 0.3) is 11.3 Å². The predicted octanol–water partition coefficient (Wildman–Crippen LogP) is 5.27. The van der Waals surface area contributed by atoms with Crippen LogP contribution in [0.1, 0.15) is 44.4 Å². The lowest BCUT2D eigenvalue weighted by molar-refractivity contribution is -0.124. The number of ether oxygens (including phenoxy) is 1. The van der Waals surface area contributed by atoms with Gasteiger partial charge in [0, 0.05) is 17.4 Å². The second-order valence-corrected chi connectivity index (χ2v) is 9.40. The van der Waals surface area contributed by atoms with Gasteiger partial charge in [0.05, 0.1) is 5.69 Å². The van der Waals surface area contributed by atoms with Crippen LogP contribution in [0.5, 0.6) is 0 Å². The molecular weight excluding hydrogens is 400 g/mol. The van der Waals surface area contributed by atoms with Gasteiger partial charge in [0.1, 0.15) is 12.2 Å². The standard InChI is InChI=1S/C23H24N2O4S/c1-22(2,3)16-7-9-25(21(27)28)20(16)14-5-6-18-17(11-14)23(4,15-8-10-30-13-15)29-12-19(26)24-18/h5-11,13H,12H2,1-4H3,(H,24,26)(H,27,28). The van der Waals surface area contributed by atoms with Crippen molar-refractivity contribution in [3.8, 4) is 11.3 Å². The molecular formula is C23H24N2O4S. The summed E-state index contributed by atoms with van der Waals surface area (Å²) in [7, 11) is 0. The number of anilines is 1. The van der Waals surface area contributed by atoms with Crippen LogP contribution < -0.4 is 5.32 Å². The average molecular weight is 425 g/mol. The average Bonchev–Trinajstić information content (AvgIpc) is 3.34. The lowest BCUT2D eigenvalue weighted by Gasteiger charge is -2.30. The highest BCUT2D eigenvalue weighted by Gasteiger charge is 2.37. The van der Waals surface area contributed by atoms with Gasteiger partial charge in [-0.3, -0.25) is 9.36 Å². The van der Waals surface area contributed by atoms with E-state index in [-0.39, 0.29) is 17.9 Å². The summed E-state index contributed by atoms with van der Waals surface area (Å²) >= 11 is 1.56. The van der Waals surface area contributed by atoms with E-state index in [1.165, 1.54) is 4.57 Å². The molecule has 4 rings (SSSR count). The number of nitrogens with one attached hydrogen (secondary N) is 1. The van der Waals surface area contributed by atoms with Gasteiger partial charge in [0.15, 0.2) is 0 Å². The molecule has 0 aliphatic carbocycles. The first-order valence-corrected chi connectivity index (χ1v) is 10.6. The molecule has 6 nitrogen and oxygen atoms in total. The Labute approximate surface area is 179 Å². The topological polar surface area (TPSA) is 80.6 Å². The molecule has 7 heteroatoms. The number of hydrogen-bond acceptors (Lipinski definition) is 4. The number of thiophene rings is 1. The summed E-state index contributed by atoms with van der Waals surface area (Å²) in [4.78, 5) is 24.1. The highest BCUT2D eigenvalue weighted by atomic mass is 32.1. The van der Waals surface area contributed by atoms with E-state index in [0.29, 0.717) is 11.4 Å². The number of carboxylic acid groups (broad SMARTS) is 1. The van der Waals surface area contributed by atoms with Crippen molar-refractivity contribution in [2.45, 2.75) is 38.7 Å². The first-order chi connectivity index (χ1) is 14.1. The Hall–Kier alpha value is -2.90. The van der Waals surface area contributed by atoms with Gasteiger partial charge in [-0.1, -0.05) is 26.8 Å². The highest BCUT2D eigenvalue weighted by Crippen LogP contribution is 2.43. The van der Waals surface area contributed by atoms with Crippen molar-refractivity contribution in [2.75, 3.05) is 11.9 Å². The number of amides is 1. The third kappa shape index (κ3) is 3.34. The van der Waals surface area contributed by atoms with Crippen molar-refractivity contribution in [1.29, 1.82) is 0 Å². The monoisotopic (exact) mass is 424 g/mol. The van der Waals surface area contributed by atoms with Crippen LogP contribution in [-0.4, -0.2) is 28.3 Å². The summed E-state index contributed by atoms with van der Waals surface area (Å²) in [6.45, 7) is 8.05. The third-order valence-corrected chi connectivity index (χ3v) is 6.23. The fourth-order valence-corrected chi connectivity index (χ4v) is 4.69. The molecule has 1 aromatic carbocycles. The quantitative estimate of drug-likeness (QED) is 0.587. The van der Waals surface area contributed by atoms with Crippen molar-refractivity contribution in [2.24, 2.45) is 0 Å². The minimum absolute atomic E-state index is 0.0604. The van der Waals surface area contributed by atoms with Crippen molar-refractivity contribution in [3.05, 3.63) is 64.0 Å². The number of carbonyl (C=O) groups is 2. The summed E-state index contributed by atoms with van der Waals surface area (Å²) in [5, 5.41) is 16.7. The zero-order chi connectivity index (χ0) is 21.7. The van der Waals surface area contributed by atoms with Crippen molar-refractivity contribution in [1.82, 2.24) is 4.57 Å². The maximum absolute atomic E-state index is 12.2. The molecule has 0 radical (unpaired) electrons. The Balaban J connectivity index is 1.97. The van der Waals surface area contributed by atoms with E-state index in [1.54, 1.807) is 17.5 Å². The summed E-state index contributed by atoms with van der Waals surface area (Å²) < 4.78 is 7.34. The van der Waals surface area contributed by atoms with Gasteiger partial charge in [-0.15, -0.1) is 0 Å². The maximum atomic E-state index is 12.2. The van der Waals surface area contributed by atoms with Gasteiger partial charge in [-0.25, -0.2) is 4.79 Å². The molecule has 1 unspecified atom stereocenters. The lowest BCUT2D eigenvalue weighted by atomic mass is 9.83. The highest BCUT2D eigenvalue weighted by molar-refractivity contribution is 7.08. The third-order valence-electron chi connectivity index (χ3n) is 5.55. The zero-order valence-electron chi connectivity index (χ0n) is 17.4. The summed E-state index contributed by atoms with van der Waals surface area (Å²) in [5.41, 5.74) is 3.64. The fourth-order valence-electron chi connectivity index (χ4n) is 3.94. The molecule has 3 aromatic rings. The molecule has 1 amide bonds. The number of hydrogen-bond donors (Lipinski definition) is 2. The van der Waals surface area contributed by atoms with Crippen LogP contribution in [0.4, 0.5) is 10.5 Å². The van der Waals surface area contributed by atoms with Crippen LogP contribution >= 0.6 is 11.3 Å². The van der Waals surface area contributed by atoms with Crippen LogP contribution in [-0.2, 0) is 20.5 Å². The Bertz CT molecular complexity index is 1120. The number of carbonyl (C=O) groups excluding carboxylic acids is 1. The van der Waals surface area contributed by atoms with E-state index in [9.17, 15) is 14.7 Å². The molecule has 3 heterocycles. The van der Waals surface area contributed by atoms with Gasteiger partial charge in [-0.2, -0.15) is 11.3 Å². The molecule has 0 bridgehead atoms. The molecule has 1 aliphatic rings. The summed E-state index contributed by atoms with van der Waals surface area (Å²) in [6.07, 6.45) is 0.542. The second-order valence-electron chi connectivity index (χ2n) is 8.62. The molecule has 0 fully saturated rings. The summed E-state index contributed by atoms with van der Waals surface area (Å²) in [6, 6.07) is 9.45. The largest absolute Gasteiger partial charge is 0.464 e. The molecule has 156 valence electrons. The lowest BCUT2D eigenvalue weighted by Crippen LogP contribution is -2.27. The molecule has 2 N–H and O–H groups in total. The maximum Gasteiger partial charge on any atom is 0.416 e. The van der Waals surface area contributed by atoms with E-state index < -0.39 is 11.7 Å². The molecule has 0 saturated carbocycles. The zero-order valence-corrected chi connectivity index (χ0v) is 18.2. The van der Waals surface area contributed by atoms with E-state index in [1.807, 2.05) is 48.0 Å². The second kappa shape index (κ2) is 7.11. The number of benzene rings is 1.